The first-order valence-corrected chi connectivity index (χ1v) is 5.95. The summed E-state index contributed by atoms with van der Waals surface area (Å²) in [7, 11) is 0. The molecule has 0 atom stereocenters. The topological polar surface area (TPSA) is 72.6 Å². The van der Waals surface area contributed by atoms with Gasteiger partial charge in [-0.1, -0.05) is 22.8 Å². The van der Waals surface area contributed by atoms with Crippen LogP contribution in [0, 0.1) is 13.8 Å². The SMILES string of the molecule is Cc1onc(C(=O)O)c1COc1cccc(Cl)c1C. The van der Waals surface area contributed by atoms with E-state index in [9.17, 15) is 4.79 Å². The van der Waals surface area contributed by atoms with Crippen molar-refractivity contribution in [2.75, 3.05) is 0 Å². The van der Waals surface area contributed by atoms with Crippen molar-refractivity contribution in [3.8, 4) is 5.75 Å². The molecule has 0 unspecified atom stereocenters. The van der Waals surface area contributed by atoms with Crippen molar-refractivity contribution in [1.29, 1.82) is 0 Å². The van der Waals surface area contributed by atoms with Crippen molar-refractivity contribution in [1.82, 2.24) is 5.16 Å². The van der Waals surface area contributed by atoms with Gasteiger partial charge in [0.15, 0.2) is 5.69 Å². The van der Waals surface area contributed by atoms with Crippen LogP contribution in [-0.2, 0) is 6.61 Å². The van der Waals surface area contributed by atoms with E-state index in [2.05, 4.69) is 5.16 Å². The van der Waals surface area contributed by atoms with Crippen LogP contribution in [0.5, 0.6) is 5.75 Å². The number of aromatic carboxylic acids is 1. The van der Waals surface area contributed by atoms with E-state index in [0.29, 0.717) is 22.1 Å². The Kier molecular flexibility index (Phi) is 3.76. The zero-order valence-corrected chi connectivity index (χ0v) is 11.2. The van der Waals surface area contributed by atoms with Crippen molar-refractivity contribution >= 4 is 17.6 Å². The molecule has 0 aliphatic heterocycles. The minimum atomic E-state index is -1.14. The Labute approximate surface area is 114 Å². The number of hydrogen-bond donors (Lipinski definition) is 1. The number of carboxylic acid groups (broad SMARTS) is 1. The van der Waals surface area contributed by atoms with Crippen LogP contribution in [0.4, 0.5) is 0 Å². The predicted octanol–water partition coefficient (Wildman–Crippen LogP) is 3.22. The molecular weight excluding hydrogens is 270 g/mol. The summed E-state index contributed by atoms with van der Waals surface area (Å²) in [6.07, 6.45) is 0. The summed E-state index contributed by atoms with van der Waals surface area (Å²) in [4.78, 5) is 11.0. The van der Waals surface area contributed by atoms with Gasteiger partial charge >= 0.3 is 5.97 Å². The van der Waals surface area contributed by atoms with Gasteiger partial charge in [0, 0.05) is 10.6 Å². The molecule has 0 aliphatic carbocycles. The van der Waals surface area contributed by atoms with E-state index >= 15 is 0 Å². The lowest BCUT2D eigenvalue weighted by Crippen LogP contribution is -2.05. The monoisotopic (exact) mass is 281 g/mol. The average Bonchev–Trinajstić information content (AvgIpc) is 2.73. The Hall–Kier alpha value is -2.01. The molecule has 1 N–H and O–H groups in total. The fourth-order valence-corrected chi connectivity index (χ4v) is 1.79. The first-order chi connectivity index (χ1) is 9.00. The molecule has 0 aliphatic rings. The molecule has 2 rings (SSSR count). The number of nitrogens with zero attached hydrogens (tertiary/aromatic N) is 1. The molecule has 1 heterocycles. The van der Waals surface area contributed by atoms with Gasteiger partial charge in [-0.05, 0) is 26.0 Å². The highest BCUT2D eigenvalue weighted by atomic mass is 35.5. The van der Waals surface area contributed by atoms with Gasteiger partial charge in [0.2, 0.25) is 0 Å². The summed E-state index contributed by atoms with van der Waals surface area (Å²) in [5, 5.41) is 13.1. The second-order valence-electron chi connectivity index (χ2n) is 4.02. The first kappa shape index (κ1) is 13.4. The number of aromatic nitrogens is 1. The first-order valence-electron chi connectivity index (χ1n) is 5.57. The van der Waals surface area contributed by atoms with Crippen LogP contribution < -0.4 is 4.74 Å². The number of aryl methyl sites for hydroxylation is 1. The molecule has 6 heteroatoms. The van der Waals surface area contributed by atoms with E-state index in [0.717, 1.165) is 5.56 Å². The highest BCUT2D eigenvalue weighted by molar-refractivity contribution is 6.31. The summed E-state index contributed by atoms with van der Waals surface area (Å²) >= 11 is 5.98. The quantitative estimate of drug-likeness (QED) is 0.931. The smallest absolute Gasteiger partial charge is 0.358 e. The van der Waals surface area contributed by atoms with Crippen molar-refractivity contribution < 1.29 is 19.2 Å². The summed E-state index contributed by atoms with van der Waals surface area (Å²) in [6, 6.07) is 5.30. The number of carboxylic acids is 1. The molecule has 1 aromatic heterocycles. The van der Waals surface area contributed by atoms with Gasteiger partial charge in [0.05, 0.1) is 5.56 Å². The van der Waals surface area contributed by atoms with Gasteiger partial charge in [-0.2, -0.15) is 0 Å². The maximum atomic E-state index is 11.0. The minimum absolute atomic E-state index is 0.0676. The van der Waals surface area contributed by atoms with Gasteiger partial charge in [-0.15, -0.1) is 0 Å². The molecule has 0 fully saturated rings. The van der Waals surface area contributed by atoms with Crippen LogP contribution in [0.3, 0.4) is 0 Å². The Morgan fingerprint density at radius 1 is 1.47 bits per heavy atom. The van der Waals surface area contributed by atoms with Crippen LogP contribution in [0.25, 0.3) is 0 Å². The van der Waals surface area contributed by atoms with Crippen LogP contribution in [0.2, 0.25) is 5.02 Å². The molecule has 0 spiro atoms. The van der Waals surface area contributed by atoms with E-state index < -0.39 is 5.97 Å². The lowest BCUT2D eigenvalue weighted by atomic mass is 10.2. The van der Waals surface area contributed by atoms with Crippen molar-refractivity contribution in [2.45, 2.75) is 20.5 Å². The van der Waals surface area contributed by atoms with Crippen LogP contribution in [0.1, 0.15) is 27.4 Å². The summed E-state index contributed by atoms with van der Waals surface area (Å²) < 4.78 is 10.4. The van der Waals surface area contributed by atoms with Gasteiger partial charge in [0.1, 0.15) is 18.1 Å². The summed E-state index contributed by atoms with van der Waals surface area (Å²) in [6.45, 7) is 3.54. The zero-order chi connectivity index (χ0) is 14.0. The van der Waals surface area contributed by atoms with Crippen molar-refractivity contribution in [3.63, 3.8) is 0 Å². The molecule has 0 amide bonds. The van der Waals surface area contributed by atoms with E-state index in [4.69, 9.17) is 26.0 Å². The van der Waals surface area contributed by atoms with Crippen molar-refractivity contribution in [2.24, 2.45) is 0 Å². The number of benzene rings is 1. The summed E-state index contributed by atoms with van der Waals surface area (Å²) in [5.41, 5.74) is 1.10. The lowest BCUT2D eigenvalue weighted by Gasteiger charge is -2.09. The van der Waals surface area contributed by atoms with Crippen LogP contribution >= 0.6 is 11.6 Å². The van der Waals surface area contributed by atoms with Crippen molar-refractivity contribution in [3.05, 3.63) is 45.8 Å². The number of hydrogen-bond acceptors (Lipinski definition) is 4. The highest BCUT2D eigenvalue weighted by Crippen LogP contribution is 2.26. The normalized spacial score (nSPS) is 10.5. The number of rotatable bonds is 4. The summed E-state index contributed by atoms with van der Waals surface area (Å²) in [5.74, 6) is -0.111. The van der Waals surface area contributed by atoms with E-state index in [-0.39, 0.29) is 12.3 Å². The lowest BCUT2D eigenvalue weighted by molar-refractivity contribution is 0.0683. The van der Waals surface area contributed by atoms with Crippen LogP contribution in [-0.4, -0.2) is 16.2 Å². The molecule has 0 saturated carbocycles. The third-order valence-corrected chi connectivity index (χ3v) is 3.19. The zero-order valence-electron chi connectivity index (χ0n) is 10.4. The molecule has 19 heavy (non-hydrogen) atoms. The maximum Gasteiger partial charge on any atom is 0.358 e. The number of carbonyl (C=O) groups is 1. The van der Waals surface area contributed by atoms with E-state index in [1.54, 1.807) is 25.1 Å². The minimum Gasteiger partial charge on any atom is -0.488 e. The third kappa shape index (κ3) is 2.71. The Morgan fingerprint density at radius 3 is 2.89 bits per heavy atom. The standard InChI is InChI=1S/C13H12ClNO4/c1-7-10(14)4-3-5-11(7)18-6-9-8(2)19-15-12(9)13(16)17/h3-5H,6H2,1-2H3,(H,16,17). The molecule has 0 bridgehead atoms. The van der Waals surface area contributed by atoms with E-state index in [1.165, 1.54) is 0 Å². The molecule has 5 nitrogen and oxygen atoms in total. The number of ether oxygens (including phenoxy) is 1. The Balaban J connectivity index is 2.21. The Bertz CT molecular complexity index is 621. The highest BCUT2D eigenvalue weighted by Gasteiger charge is 2.19. The second-order valence-corrected chi connectivity index (χ2v) is 4.43. The van der Waals surface area contributed by atoms with Gasteiger partial charge < -0.3 is 14.4 Å². The predicted molar refractivity (Wildman–Crippen MR) is 68.7 cm³/mol. The van der Waals surface area contributed by atoms with Gasteiger partial charge in [0.25, 0.3) is 0 Å². The van der Waals surface area contributed by atoms with Gasteiger partial charge in [-0.3, -0.25) is 0 Å². The second kappa shape index (κ2) is 5.32. The molecule has 2 aromatic rings. The third-order valence-electron chi connectivity index (χ3n) is 2.78. The Morgan fingerprint density at radius 2 is 2.21 bits per heavy atom. The molecular formula is C13H12ClNO4. The van der Waals surface area contributed by atoms with E-state index in [1.807, 2.05) is 6.92 Å². The average molecular weight is 282 g/mol. The maximum absolute atomic E-state index is 11.0. The molecule has 0 radical (unpaired) electrons. The number of halogens is 1. The molecule has 1 aromatic carbocycles. The largest absolute Gasteiger partial charge is 0.488 e. The van der Waals surface area contributed by atoms with Crippen LogP contribution in [0.15, 0.2) is 22.7 Å². The van der Waals surface area contributed by atoms with Gasteiger partial charge in [-0.25, -0.2) is 4.79 Å². The fraction of sp³-hybridized carbons (Fsp3) is 0.231. The molecule has 0 saturated heterocycles. The molecule has 100 valence electrons. The fourth-order valence-electron chi connectivity index (χ4n) is 1.62.